The number of rotatable bonds is 5. The zero-order valence-electron chi connectivity index (χ0n) is 9.77. The van der Waals surface area contributed by atoms with E-state index in [0.29, 0.717) is 6.42 Å². The molecule has 0 fully saturated rings. The number of ether oxygens (including phenoxy) is 1. The maximum absolute atomic E-state index is 13.0. The second-order valence-electron chi connectivity index (χ2n) is 4.17. The number of hydrogen-bond acceptors (Lipinski definition) is 4. The summed E-state index contributed by atoms with van der Waals surface area (Å²) >= 11 is 0. The van der Waals surface area contributed by atoms with Gasteiger partial charge in [-0.15, -0.1) is 0 Å². The summed E-state index contributed by atoms with van der Waals surface area (Å²) in [5, 5.41) is 10.7. The molecule has 0 aromatic heterocycles. The minimum Gasteiger partial charge on any atom is -0.485 e. The van der Waals surface area contributed by atoms with Crippen LogP contribution in [0.1, 0.15) is 20.3 Å². The Morgan fingerprint density at radius 1 is 1.59 bits per heavy atom. The highest BCUT2D eigenvalue weighted by Gasteiger charge is 2.21. The van der Waals surface area contributed by atoms with Crippen LogP contribution in [0.25, 0.3) is 0 Å². The average Bonchev–Trinajstić information content (AvgIpc) is 2.26. The largest absolute Gasteiger partial charge is 0.485 e. The zero-order chi connectivity index (χ0) is 13.1. The van der Waals surface area contributed by atoms with Crippen LogP contribution in [0.3, 0.4) is 0 Å². The molecule has 0 amide bonds. The molecular weight excluding hydrogens is 227 g/mol. The average molecular weight is 242 g/mol. The lowest BCUT2D eigenvalue weighted by molar-refractivity contribution is -0.386. The molecule has 1 rings (SSSR count). The summed E-state index contributed by atoms with van der Waals surface area (Å²) in [5.74, 6) is -0.680. The quantitative estimate of drug-likeness (QED) is 0.634. The third kappa shape index (κ3) is 3.67. The van der Waals surface area contributed by atoms with Gasteiger partial charge in [0.25, 0.3) is 0 Å². The molecule has 0 bridgehead atoms. The van der Waals surface area contributed by atoms with E-state index in [-0.39, 0.29) is 18.0 Å². The third-order valence-electron chi connectivity index (χ3n) is 2.48. The van der Waals surface area contributed by atoms with Crippen molar-refractivity contribution < 1.29 is 14.1 Å². The van der Waals surface area contributed by atoms with E-state index in [1.54, 1.807) is 6.92 Å². The second kappa shape index (κ2) is 5.09. The number of nitrogens with two attached hydrogens (primary N) is 1. The Morgan fingerprint density at radius 2 is 2.24 bits per heavy atom. The number of hydrogen-bond donors (Lipinski definition) is 1. The molecule has 1 unspecified atom stereocenters. The van der Waals surface area contributed by atoms with Crippen molar-refractivity contribution >= 4 is 5.69 Å². The summed E-state index contributed by atoms with van der Waals surface area (Å²) in [7, 11) is 0. The van der Waals surface area contributed by atoms with Gasteiger partial charge in [0.15, 0.2) is 5.75 Å². The molecular formula is C11H15FN2O3. The Balaban J connectivity index is 2.89. The predicted molar refractivity (Wildman–Crippen MR) is 61.4 cm³/mol. The van der Waals surface area contributed by atoms with Crippen LogP contribution in [0.15, 0.2) is 18.2 Å². The molecule has 1 atom stereocenters. The molecule has 2 N–H and O–H groups in total. The molecule has 0 spiro atoms. The van der Waals surface area contributed by atoms with E-state index in [1.165, 1.54) is 0 Å². The molecule has 94 valence electrons. The Hall–Kier alpha value is -1.69. The molecule has 0 heterocycles. The summed E-state index contributed by atoms with van der Waals surface area (Å²) in [5.41, 5.74) is 4.98. The summed E-state index contributed by atoms with van der Waals surface area (Å²) in [6.45, 7) is 3.73. The van der Waals surface area contributed by atoms with Crippen LogP contribution in [0, 0.1) is 15.9 Å². The van der Waals surface area contributed by atoms with Crippen LogP contribution in [-0.4, -0.2) is 17.1 Å². The van der Waals surface area contributed by atoms with Crippen molar-refractivity contribution in [2.75, 3.05) is 6.61 Å². The Bertz CT molecular complexity index is 421. The van der Waals surface area contributed by atoms with Crippen LogP contribution in [0.2, 0.25) is 0 Å². The van der Waals surface area contributed by atoms with Gasteiger partial charge < -0.3 is 10.5 Å². The van der Waals surface area contributed by atoms with Crippen molar-refractivity contribution in [3.05, 3.63) is 34.1 Å². The molecule has 0 saturated heterocycles. The van der Waals surface area contributed by atoms with E-state index in [0.717, 1.165) is 18.2 Å². The monoisotopic (exact) mass is 242 g/mol. The maximum atomic E-state index is 13.0. The molecule has 0 saturated carbocycles. The van der Waals surface area contributed by atoms with Gasteiger partial charge in [0, 0.05) is 17.7 Å². The summed E-state index contributed by atoms with van der Waals surface area (Å²) in [6, 6.07) is 3.08. The minimum absolute atomic E-state index is 0.0911. The molecule has 6 heteroatoms. The fourth-order valence-electron chi connectivity index (χ4n) is 1.10. The topological polar surface area (TPSA) is 78.4 Å². The molecule has 0 radical (unpaired) electrons. The lowest BCUT2D eigenvalue weighted by Gasteiger charge is -2.22. The fourth-order valence-corrected chi connectivity index (χ4v) is 1.10. The van der Waals surface area contributed by atoms with E-state index in [2.05, 4.69) is 0 Å². The number of nitrogens with zero attached hydrogens (tertiary/aromatic N) is 1. The van der Waals surface area contributed by atoms with Crippen LogP contribution >= 0.6 is 0 Å². The first-order valence-electron chi connectivity index (χ1n) is 5.21. The highest BCUT2D eigenvalue weighted by Crippen LogP contribution is 2.28. The van der Waals surface area contributed by atoms with Gasteiger partial charge in [0.1, 0.15) is 12.4 Å². The first-order chi connectivity index (χ1) is 7.85. The van der Waals surface area contributed by atoms with Gasteiger partial charge in [-0.3, -0.25) is 10.1 Å². The lowest BCUT2D eigenvalue weighted by Crippen LogP contribution is -2.41. The lowest BCUT2D eigenvalue weighted by atomic mass is 10.0. The highest BCUT2D eigenvalue weighted by molar-refractivity contribution is 5.46. The number of nitro groups is 1. The number of nitro benzene ring substituents is 1. The Morgan fingerprint density at radius 3 is 2.76 bits per heavy atom. The molecule has 0 aliphatic heterocycles. The van der Waals surface area contributed by atoms with Crippen molar-refractivity contribution in [1.82, 2.24) is 0 Å². The fraction of sp³-hybridized carbons (Fsp3) is 0.455. The number of benzene rings is 1. The third-order valence-corrected chi connectivity index (χ3v) is 2.48. The SMILES string of the molecule is CCC(C)(N)COc1cc(F)ccc1[N+](=O)[O-]. The summed E-state index contributed by atoms with van der Waals surface area (Å²) in [6.07, 6.45) is 0.649. The van der Waals surface area contributed by atoms with Crippen LogP contribution in [0.4, 0.5) is 10.1 Å². The van der Waals surface area contributed by atoms with Crippen molar-refractivity contribution in [2.45, 2.75) is 25.8 Å². The standard InChI is InChI=1S/C11H15FN2O3/c1-3-11(2,13)7-17-10-6-8(12)4-5-9(10)14(15)16/h4-6H,3,7,13H2,1-2H3. The summed E-state index contributed by atoms with van der Waals surface area (Å²) in [4.78, 5) is 10.1. The molecule has 5 nitrogen and oxygen atoms in total. The molecule has 0 aliphatic carbocycles. The van der Waals surface area contributed by atoms with E-state index in [4.69, 9.17) is 10.5 Å². The highest BCUT2D eigenvalue weighted by atomic mass is 19.1. The number of halogens is 1. The van der Waals surface area contributed by atoms with Gasteiger partial charge in [-0.2, -0.15) is 0 Å². The van der Waals surface area contributed by atoms with E-state index in [1.807, 2.05) is 6.92 Å². The van der Waals surface area contributed by atoms with Gasteiger partial charge in [-0.05, 0) is 19.4 Å². The first kappa shape index (κ1) is 13.4. The molecule has 17 heavy (non-hydrogen) atoms. The molecule has 1 aromatic rings. The van der Waals surface area contributed by atoms with Crippen LogP contribution < -0.4 is 10.5 Å². The van der Waals surface area contributed by atoms with Crippen molar-refractivity contribution in [3.63, 3.8) is 0 Å². The second-order valence-corrected chi connectivity index (χ2v) is 4.17. The van der Waals surface area contributed by atoms with Gasteiger partial charge in [0.05, 0.1) is 4.92 Å². The van der Waals surface area contributed by atoms with Crippen molar-refractivity contribution in [1.29, 1.82) is 0 Å². The first-order valence-corrected chi connectivity index (χ1v) is 5.21. The van der Waals surface area contributed by atoms with E-state index < -0.39 is 16.3 Å². The molecule has 0 aliphatic rings. The van der Waals surface area contributed by atoms with E-state index in [9.17, 15) is 14.5 Å². The normalized spacial score (nSPS) is 14.1. The Labute approximate surface area is 98.5 Å². The van der Waals surface area contributed by atoms with Gasteiger partial charge in [0.2, 0.25) is 0 Å². The van der Waals surface area contributed by atoms with Gasteiger partial charge in [-0.25, -0.2) is 4.39 Å². The van der Waals surface area contributed by atoms with Crippen LogP contribution in [0.5, 0.6) is 5.75 Å². The smallest absolute Gasteiger partial charge is 0.311 e. The maximum Gasteiger partial charge on any atom is 0.311 e. The minimum atomic E-state index is -0.616. The van der Waals surface area contributed by atoms with E-state index >= 15 is 0 Å². The Kier molecular flexibility index (Phi) is 4.01. The van der Waals surface area contributed by atoms with Crippen LogP contribution in [-0.2, 0) is 0 Å². The predicted octanol–water partition coefficient (Wildman–Crippen LogP) is 2.24. The molecule has 1 aromatic carbocycles. The van der Waals surface area contributed by atoms with Crippen molar-refractivity contribution in [2.24, 2.45) is 5.73 Å². The zero-order valence-corrected chi connectivity index (χ0v) is 9.77. The summed E-state index contributed by atoms with van der Waals surface area (Å²) < 4.78 is 18.2. The van der Waals surface area contributed by atoms with Gasteiger partial charge >= 0.3 is 5.69 Å². The van der Waals surface area contributed by atoms with Crippen molar-refractivity contribution in [3.8, 4) is 5.75 Å². The van der Waals surface area contributed by atoms with Gasteiger partial charge in [-0.1, -0.05) is 6.92 Å².